The number of benzene rings is 1. The first kappa shape index (κ1) is 16.9. The van der Waals surface area contributed by atoms with Gasteiger partial charge < -0.3 is 4.74 Å². The SMILES string of the molecule is CCOC(=O)C1c2cn[nH]c2CCN1S(=O)(=O)c1ccc(Cl)cc1. The normalized spacial score (nSPS) is 18.2. The smallest absolute Gasteiger partial charge is 0.329 e. The van der Waals surface area contributed by atoms with E-state index in [0.717, 1.165) is 10.00 Å². The number of aromatic amines is 1. The molecular weight excluding hydrogens is 354 g/mol. The van der Waals surface area contributed by atoms with Crippen LogP contribution < -0.4 is 0 Å². The average Bonchev–Trinajstić information content (AvgIpc) is 3.03. The first-order valence-electron chi connectivity index (χ1n) is 7.41. The number of nitrogens with one attached hydrogen (secondary N) is 1. The number of fused-ring (bicyclic) bond motifs is 1. The third-order valence-corrected chi connectivity index (χ3v) is 5.98. The Kier molecular flexibility index (Phi) is 4.62. The van der Waals surface area contributed by atoms with E-state index in [2.05, 4.69) is 10.2 Å². The number of aromatic nitrogens is 2. The zero-order valence-electron chi connectivity index (χ0n) is 12.9. The van der Waals surface area contributed by atoms with Crippen LogP contribution in [0.2, 0.25) is 5.02 Å². The van der Waals surface area contributed by atoms with Crippen LogP contribution in [0.3, 0.4) is 0 Å². The lowest BCUT2D eigenvalue weighted by atomic mass is 10.0. The van der Waals surface area contributed by atoms with E-state index in [1.807, 2.05) is 0 Å². The van der Waals surface area contributed by atoms with Gasteiger partial charge >= 0.3 is 5.97 Å². The fourth-order valence-corrected chi connectivity index (χ4v) is 4.42. The lowest BCUT2D eigenvalue weighted by Crippen LogP contribution is -2.43. The number of ether oxygens (including phenoxy) is 1. The van der Waals surface area contributed by atoms with E-state index >= 15 is 0 Å². The summed E-state index contributed by atoms with van der Waals surface area (Å²) >= 11 is 5.83. The van der Waals surface area contributed by atoms with E-state index in [1.165, 1.54) is 30.5 Å². The first-order chi connectivity index (χ1) is 11.4. The van der Waals surface area contributed by atoms with Gasteiger partial charge in [-0.2, -0.15) is 9.40 Å². The highest BCUT2D eigenvalue weighted by molar-refractivity contribution is 7.89. The van der Waals surface area contributed by atoms with Crippen molar-refractivity contribution >= 4 is 27.6 Å². The van der Waals surface area contributed by atoms with Crippen LogP contribution in [0.4, 0.5) is 0 Å². The minimum Gasteiger partial charge on any atom is -0.465 e. The Balaban J connectivity index is 2.04. The molecule has 0 amide bonds. The maximum Gasteiger partial charge on any atom is 0.329 e. The molecule has 0 spiro atoms. The van der Waals surface area contributed by atoms with Crippen LogP contribution in [0.5, 0.6) is 0 Å². The molecule has 0 aliphatic carbocycles. The summed E-state index contributed by atoms with van der Waals surface area (Å²) in [5, 5.41) is 7.17. The van der Waals surface area contributed by atoms with Crippen LogP contribution in [0.25, 0.3) is 0 Å². The van der Waals surface area contributed by atoms with Gasteiger partial charge in [0.15, 0.2) is 6.04 Å². The number of hydrogen-bond acceptors (Lipinski definition) is 5. The molecule has 24 heavy (non-hydrogen) atoms. The van der Waals surface area contributed by atoms with Crippen LogP contribution in [0.15, 0.2) is 35.4 Å². The minimum absolute atomic E-state index is 0.0770. The molecule has 0 fully saturated rings. The van der Waals surface area contributed by atoms with E-state index in [1.54, 1.807) is 6.92 Å². The number of carbonyl (C=O) groups excluding carboxylic acids is 1. The average molecular weight is 370 g/mol. The van der Waals surface area contributed by atoms with Gasteiger partial charge in [0.25, 0.3) is 0 Å². The van der Waals surface area contributed by atoms with E-state index in [-0.39, 0.29) is 18.0 Å². The van der Waals surface area contributed by atoms with Gasteiger partial charge in [0.05, 0.1) is 17.7 Å². The zero-order chi connectivity index (χ0) is 17.3. The maximum absolute atomic E-state index is 13.0. The number of nitrogens with zero attached hydrogens (tertiary/aromatic N) is 2. The van der Waals surface area contributed by atoms with Crippen molar-refractivity contribution in [2.24, 2.45) is 0 Å². The quantitative estimate of drug-likeness (QED) is 0.831. The van der Waals surface area contributed by atoms with Crippen molar-refractivity contribution in [3.05, 3.63) is 46.7 Å². The summed E-state index contributed by atoms with van der Waals surface area (Å²) in [7, 11) is -3.88. The van der Waals surface area contributed by atoms with E-state index in [9.17, 15) is 13.2 Å². The summed E-state index contributed by atoms with van der Waals surface area (Å²) in [6.07, 6.45) is 1.92. The molecule has 1 aromatic heterocycles. The molecule has 0 radical (unpaired) electrons. The second-order valence-electron chi connectivity index (χ2n) is 5.28. The summed E-state index contributed by atoms with van der Waals surface area (Å²) in [4.78, 5) is 12.5. The summed E-state index contributed by atoms with van der Waals surface area (Å²) in [6, 6.07) is 4.80. The Morgan fingerprint density at radius 3 is 2.79 bits per heavy atom. The lowest BCUT2D eigenvalue weighted by Gasteiger charge is -2.32. The third kappa shape index (κ3) is 2.92. The fraction of sp³-hybridized carbons (Fsp3) is 0.333. The van der Waals surface area contributed by atoms with E-state index in [0.29, 0.717) is 17.0 Å². The molecule has 0 saturated carbocycles. The summed E-state index contributed by atoms with van der Waals surface area (Å²) in [5.41, 5.74) is 1.27. The molecule has 0 bridgehead atoms. The van der Waals surface area contributed by atoms with Gasteiger partial charge in [-0.25, -0.2) is 13.2 Å². The highest BCUT2D eigenvalue weighted by atomic mass is 35.5. The van der Waals surface area contributed by atoms with Crippen LogP contribution >= 0.6 is 11.6 Å². The van der Waals surface area contributed by atoms with Crippen molar-refractivity contribution in [1.82, 2.24) is 14.5 Å². The summed E-state index contributed by atoms with van der Waals surface area (Å²) in [5.74, 6) is -0.614. The number of rotatable bonds is 4. The van der Waals surface area contributed by atoms with E-state index in [4.69, 9.17) is 16.3 Å². The Morgan fingerprint density at radius 2 is 2.12 bits per heavy atom. The van der Waals surface area contributed by atoms with Gasteiger partial charge in [-0.3, -0.25) is 5.10 Å². The molecule has 0 saturated heterocycles. The molecular formula is C15H16ClN3O4S. The van der Waals surface area contributed by atoms with E-state index < -0.39 is 22.0 Å². The fourth-order valence-electron chi connectivity index (χ4n) is 2.73. The van der Waals surface area contributed by atoms with Crippen molar-refractivity contribution in [2.75, 3.05) is 13.2 Å². The Morgan fingerprint density at radius 1 is 1.42 bits per heavy atom. The van der Waals surface area contributed by atoms with Crippen LogP contribution in [-0.2, 0) is 26.0 Å². The molecule has 9 heteroatoms. The molecule has 1 unspecified atom stereocenters. The molecule has 2 aromatic rings. The molecule has 7 nitrogen and oxygen atoms in total. The largest absolute Gasteiger partial charge is 0.465 e. The number of sulfonamides is 1. The Labute approximate surface area is 144 Å². The molecule has 1 aliphatic heterocycles. The second-order valence-corrected chi connectivity index (χ2v) is 7.61. The summed E-state index contributed by atoms with van der Waals surface area (Å²) < 4.78 is 32.2. The molecule has 1 aromatic carbocycles. The molecule has 1 atom stereocenters. The number of esters is 1. The number of hydrogen-bond donors (Lipinski definition) is 1. The van der Waals surface area contributed by atoms with Gasteiger partial charge in [-0.05, 0) is 31.2 Å². The lowest BCUT2D eigenvalue weighted by molar-refractivity contribution is -0.148. The minimum atomic E-state index is -3.88. The van der Waals surface area contributed by atoms with Crippen molar-refractivity contribution in [3.63, 3.8) is 0 Å². The van der Waals surface area contributed by atoms with Crippen LogP contribution in [0.1, 0.15) is 24.2 Å². The molecule has 1 N–H and O–H groups in total. The molecule has 2 heterocycles. The van der Waals surface area contributed by atoms with Crippen molar-refractivity contribution in [2.45, 2.75) is 24.3 Å². The molecule has 3 rings (SSSR count). The standard InChI is InChI=1S/C15H16ClN3O4S/c1-2-23-15(20)14-12-9-17-18-13(12)7-8-19(14)24(21,22)11-5-3-10(16)4-6-11/h3-6,9,14H,2,7-8H2,1H3,(H,17,18). The Bertz CT molecular complexity index is 848. The monoisotopic (exact) mass is 369 g/mol. The predicted octanol–water partition coefficient (Wildman–Crippen LogP) is 1.91. The van der Waals surface area contributed by atoms with Gasteiger partial charge in [-0.15, -0.1) is 0 Å². The number of halogens is 1. The molecule has 128 valence electrons. The van der Waals surface area contributed by atoms with Crippen molar-refractivity contribution in [3.8, 4) is 0 Å². The van der Waals surface area contributed by atoms with Gasteiger partial charge in [0, 0.05) is 29.2 Å². The second kappa shape index (κ2) is 6.54. The van der Waals surface area contributed by atoms with Gasteiger partial charge in [-0.1, -0.05) is 11.6 Å². The van der Waals surface area contributed by atoms with Gasteiger partial charge in [0.1, 0.15) is 0 Å². The highest BCUT2D eigenvalue weighted by Gasteiger charge is 2.42. The van der Waals surface area contributed by atoms with Crippen molar-refractivity contribution in [1.29, 1.82) is 0 Å². The number of carbonyl (C=O) groups is 1. The highest BCUT2D eigenvalue weighted by Crippen LogP contribution is 2.34. The third-order valence-electron chi connectivity index (χ3n) is 3.85. The molecule has 1 aliphatic rings. The van der Waals surface area contributed by atoms with Crippen LogP contribution in [0, 0.1) is 0 Å². The predicted molar refractivity (Wildman–Crippen MR) is 87.0 cm³/mol. The maximum atomic E-state index is 13.0. The zero-order valence-corrected chi connectivity index (χ0v) is 14.5. The summed E-state index contributed by atoms with van der Waals surface area (Å²) in [6.45, 7) is 2.00. The first-order valence-corrected chi connectivity index (χ1v) is 9.23. The van der Waals surface area contributed by atoms with Crippen molar-refractivity contribution < 1.29 is 17.9 Å². The topological polar surface area (TPSA) is 92.4 Å². The van der Waals surface area contributed by atoms with Crippen LogP contribution in [-0.4, -0.2) is 42.0 Å². The Hall–Kier alpha value is -1.90. The van der Waals surface area contributed by atoms with Gasteiger partial charge in [0.2, 0.25) is 10.0 Å². The number of H-pyrrole nitrogens is 1.